The summed E-state index contributed by atoms with van der Waals surface area (Å²) in [6.07, 6.45) is 0. The molecule has 27 heavy (non-hydrogen) atoms. The minimum Gasteiger partial charge on any atom is -0.423 e. The third-order valence-electron chi connectivity index (χ3n) is 4.01. The molecule has 0 aliphatic rings. The average Bonchev–Trinajstić information content (AvgIpc) is 2.66. The fourth-order valence-electron chi connectivity index (χ4n) is 2.57. The minimum absolute atomic E-state index is 0.0342. The van der Waals surface area contributed by atoms with Crippen LogP contribution in [-0.2, 0) is 10.0 Å². The summed E-state index contributed by atoms with van der Waals surface area (Å²) in [5.41, 5.74) is 2.20. The molecule has 0 saturated carbocycles. The van der Waals surface area contributed by atoms with Crippen LogP contribution in [0.25, 0.3) is 11.0 Å². The Morgan fingerprint density at radius 2 is 1.78 bits per heavy atom. The second kappa shape index (κ2) is 7.31. The van der Waals surface area contributed by atoms with Gasteiger partial charge < -0.3 is 4.42 Å². The van der Waals surface area contributed by atoms with E-state index in [4.69, 9.17) is 9.62 Å². The van der Waals surface area contributed by atoms with Crippen molar-refractivity contribution in [3.05, 3.63) is 76.1 Å². The number of rotatable bonds is 5. The van der Waals surface area contributed by atoms with Gasteiger partial charge in [0.2, 0.25) is 10.0 Å². The first-order valence-corrected chi connectivity index (χ1v) is 9.39. The molecule has 3 aromatic rings. The van der Waals surface area contributed by atoms with Crippen molar-refractivity contribution in [2.75, 3.05) is 0 Å². The van der Waals surface area contributed by atoms with Gasteiger partial charge in [-0.3, -0.25) is 10.0 Å². The van der Waals surface area contributed by atoms with Crippen molar-refractivity contribution in [3.63, 3.8) is 0 Å². The van der Waals surface area contributed by atoms with Gasteiger partial charge in [0.05, 0.1) is 4.90 Å². The summed E-state index contributed by atoms with van der Waals surface area (Å²) in [5, 5.41) is 9.11. The van der Waals surface area contributed by atoms with Crippen molar-refractivity contribution in [2.24, 2.45) is 0 Å². The lowest BCUT2D eigenvalue weighted by atomic mass is 10.1. The molecule has 1 amide bonds. The first-order valence-electron chi connectivity index (χ1n) is 7.91. The zero-order valence-electron chi connectivity index (χ0n) is 14.2. The van der Waals surface area contributed by atoms with Gasteiger partial charge in [-0.1, -0.05) is 12.1 Å². The summed E-state index contributed by atoms with van der Waals surface area (Å²) in [6.45, 7) is 1.67. The van der Waals surface area contributed by atoms with E-state index in [1.54, 1.807) is 19.1 Å². The normalized spacial score (nSPS) is 12.7. The molecule has 3 rings (SSSR count). The molecule has 0 aliphatic heterocycles. The van der Waals surface area contributed by atoms with Gasteiger partial charge in [-0.15, -0.1) is 0 Å². The molecule has 1 atom stereocenters. The van der Waals surface area contributed by atoms with Crippen molar-refractivity contribution >= 4 is 26.9 Å². The molecule has 1 unspecified atom stereocenters. The smallest absolute Gasteiger partial charge is 0.336 e. The number of sulfonamides is 1. The van der Waals surface area contributed by atoms with E-state index in [0.29, 0.717) is 16.5 Å². The summed E-state index contributed by atoms with van der Waals surface area (Å²) in [6, 6.07) is 12.5. The summed E-state index contributed by atoms with van der Waals surface area (Å²) in [4.78, 5) is 22.6. The third kappa shape index (κ3) is 4.05. The predicted octanol–water partition coefficient (Wildman–Crippen LogP) is 1.95. The Kier molecular flexibility index (Phi) is 5.08. The highest BCUT2D eigenvalue weighted by Gasteiger charge is 2.19. The fourth-order valence-corrected chi connectivity index (χ4v) is 3.84. The quantitative estimate of drug-likeness (QED) is 0.348. The highest BCUT2D eigenvalue weighted by atomic mass is 32.2. The van der Waals surface area contributed by atoms with E-state index in [1.807, 2.05) is 0 Å². The first kappa shape index (κ1) is 18.8. The van der Waals surface area contributed by atoms with E-state index < -0.39 is 27.6 Å². The van der Waals surface area contributed by atoms with Crippen LogP contribution in [0.2, 0.25) is 0 Å². The van der Waals surface area contributed by atoms with Crippen LogP contribution in [-0.4, -0.2) is 19.5 Å². The lowest BCUT2D eigenvalue weighted by molar-refractivity contribution is 0.0706. The monoisotopic (exact) mass is 388 g/mol. The number of carbonyl (C=O) groups excluding carboxylic acids is 1. The van der Waals surface area contributed by atoms with Crippen LogP contribution in [0.15, 0.2) is 68.7 Å². The number of nitrogens with one attached hydrogen (secondary N) is 2. The molecule has 3 N–H and O–H groups in total. The summed E-state index contributed by atoms with van der Waals surface area (Å²) in [7, 11) is -3.83. The number of benzene rings is 2. The van der Waals surface area contributed by atoms with Crippen molar-refractivity contribution < 1.29 is 22.8 Å². The average molecular weight is 388 g/mol. The molecular formula is C18H16N2O6S. The van der Waals surface area contributed by atoms with Crippen molar-refractivity contribution in [3.8, 4) is 0 Å². The van der Waals surface area contributed by atoms with Gasteiger partial charge >= 0.3 is 5.63 Å². The molecule has 0 radical (unpaired) electrons. The largest absolute Gasteiger partial charge is 0.423 e. The topological polar surface area (TPSA) is 126 Å². The molecule has 0 spiro atoms. The van der Waals surface area contributed by atoms with Crippen molar-refractivity contribution in [2.45, 2.75) is 17.9 Å². The zero-order valence-corrected chi connectivity index (χ0v) is 15.0. The Hall–Kier alpha value is -3.01. The van der Waals surface area contributed by atoms with Gasteiger partial charge in [0.25, 0.3) is 5.91 Å². The van der Waals surface area contributed by atoms with Gasteiger partial charge in [0.1, 0.15) is 5.58 Å². The molecule has 1 aromatic heterocycles. The Morgan fingerprint density at radius 3 is 2.44 bits per heavy atom. The molecule has 0 aliphatic carbocycles. The van der Waals surface area contributed by atoms with Gasteiger partial charge in [0, 0.05) is 23.1 Å². The minimum atomic E-state index is -3.83. The van der Waals surface area contributed by atoms with Crippen LogP contribution in [0, 0.1) is 0 Å². The van der Waals surface area contributed by atoms with Gasteiger partial charge in [-0.05, 0) is 48.9 Å². The van der Waals surface area contributed by atoms with E-state index in [9.17, 15) is 18.0 Å². The lowest BCUT2D eigenvalue weighted by Gasteiger charge is -2.15. The maximum atomic E-state index is 12.6. The zero-order chi connectivity index (χ0) is 19.6. The molecule has 2 aromatic carbocycles. The molecule has 1 heterocycles. The summed E-state index contributed by atoms with van der Waals surface area (Å²) < 4.78 is 32.9. The standard InChI is InChI=1S/C18H16N2O6S/c1-11(12-2-4-13(5-3-12)18(22)19-23)20-27(24,25)15-7-8-16-14(10-15)6-9-17(21)26-16/h2-11,20,23H,1H3,(H,19,22). The van der Waals surface area contributed by atoms with Crippen LogP contribution in [0.5, 0.6) is 0 Å². The number of fused-ring (bicyclic) bond motifs is 1. The van der Waals surface area contributed by atoms with E-state index in [0.717, 1.165) is 0 Å². The number of hydrogen-bond acceptors (Lipinski definition) is 6. The molecule has 0 saturated heterocycles. The first-order chi connectivity index (χ1) is 12.8. The highest BCUT2D eigenvalue weighted by Crippen LogP contribution is 2.21. The number of hydrogen-bond donors (Lipinski definition) is 3. The van der Waals surface area contributed by atoms with Crippen LogP contribution in [0.3, 0.4) is 0 Å². The van der Waals surface area contributed by atoms with Gasteiger partial charge in [0.15, 0.2) is 0 Å². The molecule has 9 heteroatoms. The van der Waals surface area contributed by atoms with E-state index in [-0.39, 0.29) is 10.5 Å². The second-order valence-corrected chi connectivity index (χ2v) is 7.57. The SMILES string of the molecule is CC(NS(=O)(=O)c1ccc2oc(=O)ccc2c1)c1ccc(C(=O)NO)cc1. The highest BCUT2D eigenvalue weighted by molar-refractivity contribution is 7.89. The predicted molar refractivity (Wildman–Crippen MR) is 96.9 cm³/mol. The van der Waals surface area contributed by atoms with E-state index >= 15 is 0 Å². The van der Waals surface area contributed by atoms with Crippen LogP contribution in [0.1, 0.15) is 28.9 Å². The van der Waals surface area contributed by atoms with E-state index in [1.165, 1.54) is 47.9 Å². The van der Waals surface area contributed by atoms with E-state index in [2.05, 4.69) is 4.72 Å². The Morgan fingerprint density at radius 1 is 1.07 bits per heavy atom. The molecule has 140 valence electrons. The number of carbonyl (C=O) groups is 1. The second-order valence-electron chi connectivity index (χ2n) is 5.86. The number of amides is 1. The summed E-state index contributed by atoms with van der Waals surface area (Å²) in [5.74, 6) is -0.655. The van der Waals surface area contributed by atoms with Crippen LogP contribution < -0.4 is 15.8 Å². The maximum Gasteiger partial charge on any atom is 0.336 e. The Bertz CT molecular complexity index is 1150. The molecular weight excluding hydrogens is 372 g/mol. The molecule has 0 bridgehead atoms. The van der Waals surface area contributed by atoms with Crippen molar-refractivity contribution in [1.82, 2.24) is 10.2 Å². The number of hydroxylamine groups is 1. The Labute approximate surface area is 154 Å². The third-order valence-corrected chi connectivity index (χ3v) is 5.55. The van der Waals surface area contributed by atoms with Crippen LogP contribution in [0.4, 0.5) is 0 Å². The fraction of sp³-hybridized carbons (Fsp3) is 0.111. The summed E-state index contributed by atoms with van der Waals surface area (Å²) >= 11 is 0. The Balaban J connectivity index is 1.84. The maximum absolute atomic E-state index is 12.6. The molecule has 0 fully saturated rings. The van der Waals surface area contributed by atoms with Crippen LogP contribution >= 0.6 is 0 Å². The van der Waals surface area contributed by atoms with Gasteiger partial charge in [-0.25, -0.2) is 23.4 Å². The van der Waals surface area contributed by atoms with Gasteiger partial charge in [-0.2, -0.15) is 0 Å². The van der Waals surface area contributed by atoms with Crippen molar-refractivity contribution in [1.29, 1.82) is 0 Å². The lowest BCUT2D eigenvalue weighted by Crippen LogP contribution is -2.27. The molecule has 8 nitrogen and oxygen atoms in total.